The van der Waals surface area contributed by atoms with Gasteiger partial charge in [-0.15, -0.1) is 0 Å². The number of ether oxygens (including phenoxy) is 1. The Balaban J connectivity index is 2.26. The number of hydrogen-bond donors (Lipinski definition) is 2. The highest BCUT2D eigenvalue weighted by Crippen LogP contribution is 2.24. The maximum Gasteiger partial charge on any atom is 0.337 e. The molecular formula is C12H16N2O3. The van der Waals surface area contributed by atoms with Gasteiger partial charge in [0.2, 0.25) is 0 Å². The van der Waals surface area contributed by atoms with Gasteiger partial charge in [0.1, 0.15) is 0 Å². The van der Waals surface area contributed by atoms with Crippen LogP contribution in [0.25, 0.3) is 0 Å². The van der Waals surface area contributed by atoms with E-state index in [0.29, 0.717) is 12.6 Å². The summed E-state index contributed by atoms with van der Waals surface area (Å²) in [6.07, 6.45) is 0.962. The number of carboxylic acids is 1. The van der Waals surface area contributed by atoms with E-state index in [2.05, 4.69) is 0 Å². The molecule has 1 saturated heterocycles. The van der Waals surface area contributed by atoms with Crippen LogP contribution in [0.2, 0.25) is 0 Å². The smallest absolute Gasteiger partial charge is 0.337 e. The third-order valence-electron chi connectivity index (χ3n) is 3.13. The number of carbonyl (C=O) groups is 1. The molecule has 2 rings (SSSR count). The average molecular weight is 236 g/mol. The highest BCUT2D eigenvalue weighted by molar-refractivity contribution is 5.94. The molecule has 1 aliphatic heterocycles. The Morgan fingerprint density at radius 2 is 2.35 bits per heavy atom. The Labute approximate surface area is 99.8 Å². The lowest BCUT2D eigenvalue weighted by Gasteiger charge is -2.25. The third kappa shape index (κ3) is 2.34. The lowest BCUT2D eigenvalue weighted by atomic mass is 10.1. The van der Waals surface area contributed by atoms with Gasteiger partial charge in [-0.1, -0.05) is 0 Å². The van der Waals surface area contributed by atoms with Gasteiger partial charge in [0, 0.05) is 25.0 Å². The van der Waals surface area contributed by atoms with Crippen LogP contribution in [0, 0.1) is 0 Å². The molecule has 5 nitrogen and oxygen atoms in total. The van der Waals surface area contributed by atoms with Gasteiger partial charge in [-0.25, -0.2) is 4.79 Å². The number of likely N-dealkylation sites (N-methyl/N-ethyl adjacent to an activating group) is 1. The van der Waals surface area contributed by atoms with Crippen molar-refractivity contribution in [2.75, 3.05) is 30.9 Å². The van der Waals surface area contributed by atoms with E-state index in [1.807, 2.05) is 18.0 Å². The van der Waals surface area contributed by atoms with Crippen molar-refractivity contribution in [2.24, 2.45) is 0 Å². The van der Waals surface area contributed by atoms with E-state index >= 15 is 0 Å². The highest BCUT2D eigenvalue weighted by Gasteiger charge is 2.21. The summed E-state index contributed by atoms with van der Waals surface area (Å²) in [5.74, 6) is -1.000. The average Bonchev–Trinajstić information content (AvgIpc) is 2.81. The number of rotatable bonds is 3. The molecule has 1 heterocycles. The van der Waals surface area contributed by atoms with Gasteiger partial charge < -0.3 is 20.5 Å². The monoisotopic (exact) mass is 236 g/mol. The zero-order valence-corrected chi connectivity index (χ0v) is 9.72. The molecule has 0 aromatic heterocycles. The third-order valence-corrected chi connectivity index (χ3v) is 3.13. The van der Waals surface area contributed by atoms with Crippen LogP contribution in [0.4, 0.5) is 11.4 Å². The first kappa shape index (κ1) is 11.7. The molecule has 1 atom stereocenters. The van der Waals surface area contributed by atoms with Gasteiger partial charge in [0.05, 0.1) is 18.2 Å². The van der Waals surface area contributed by atoms with E-state index in [4.69, 9.17) is 15.6 Å². The first-order chi connectivity index (χ1) is 8.09. The number of carboxylic acid groups (broad SMARTS) is 1. The predicted octanol–water partition coefficient (Wildman–Crippen LogP) is 1.19. The largest absolute Gasteiger partial charge is 0.478 e. The van der Waals surface area contributed by atoms with Crippen molar-refractivity contribution in [1.82, 2.24) is 0 Å². The Hall–Kier alpha value is -1.75. The van der Waals surface area contributed by atoms with Gasteiger partial charge in [-0.2, -0.15) is 0 Å². The van der Waals surface area contributed by atoms with Crippen molar-refractivity contribution in [1.29, 1.82) is 0 Å². The van der Waals surface area contributed by atoms with E-state index in [1.165, 1.54) is 0 Å². The number of nitrogens with zero attached hydrogens (tertiary/aromatic N) is 1. The Morgan fingerprint density at radius 3 is 2.94 bits per heavy atom. The molecule has 1 aliphatic rings. The molecule has 3 N–H and O–H groups in total. The molecule has 0 amide bonds. The fourth-order valence-corrected chi connectivity index (χ4v) is 1.99. The number of aromatic carboxylic acids is 1. The van der Waals surface area contributed by atoms with Gasteiger partial charge >= 0.3 is 5.97 Å². The molecule has 0 aliphatic carbocycles. The standard InChI is InChI=1S/C12H16N2O3/c1-14(9-4-5-17-7-9)8-2-3-11(13)10(6-8)12(15)16/h2-3,6,9H,4-5,7,13H2,1H3,(H,15,16). The number of benzene rings is 1. The minimum absolute atomic E-state index is 0.147. The highest BCUT2D eigenvalue weighted by atomic mass is 16.5. The second-order valence-corrected chi connectivity index (χ2v) is 4.21. The van der Waals surface area contributed by atoms with Crippen molar-refractivity contribution in [3.8, 4) is 0 Å². The van der Waals surface area contributed by atoms with Crippen LogP contribution < -0.4 is 10.6 Å². The summed E-state index contributed by atoms with van der Waals surface area (Å²) in [4.78, 5) is 13.0. The predicted molar refractivity (Wildman–Crippen MR) is 65.4 cm³/mol. The van der Waals surface area contributed by atoms with Crippen LogP contribution in [0.1, 0.15) is 16.8 Å². The van der Waals surface area contributed by atoms with Crippen molar-refractivity contribution < 1.29 is 14.6 Å². The van der Waals surface area contributed by atoms with E-state index in [1.54, 1.807) is 12.1 Å². The Bertz CT molecular complexity index is 428. The maximum absolute atomic E-state index is 11.0. The summed E-state index contributed by atoms with van der Waals surface area (Å²) in [5, 5.41) is 9.01. The van der Waals surface area contributed by atoms with Gasteiger partial charge in [-0.3, -0.25) is 0 Å². The summed E-state index contributed by atoms with van der Waals surface area (Å²) in [6, 6.07) is 5.38. The van der Waals surface area contributed by atoms with Gasteiger partial charge in [0.15, 0.2) is 0 Å². The second kappa shape index (κ2) is 4.63. The molecule has 17 heavy (non-hydrogen) atoms. The Kier molecular flexibility index (Phi) is 3.19. The summed E-state index contributed by atoms with van der Waals surface area (Å²) >= 11 is 0. The molecule has 1 aromatic carbocycles. The van der Waals surface area contributed by atoms with Crippen molar-refractivity contribution in [3.63, 3.8) is 0 Å². The second-order valence-electron chi connectivity index (χ2n) is 4.21. The zero-order valence-electron chi connectivity index (χ0n) is 9.72. The van der Waals surface area contributed by atoms with E-state index < -0.39 is 5.97 Å². The van der Waals surface area contributed by atoms with Crippen LogP contribution in [0.5, 0.6) is 0 Å². The topological polar surface area (TPSA) is 75.8 Å². The Morgan fingerprint density at radius 1 is 1.59 bits per heavy atom. The number of anilines is 2. The van der Waals surface area contributed by atoms with Crippen molar-refractivity contribution >= 4 is 17.3 Å². The minimum atomic E-state index is -1.000. The number of hydrogen-bond acceptors (Lipinski definition) is 4. The van der Waals surface area contributed by atoms with Gasteiger partial charge in [0.25, 0.3) is 0 Å². The van der Waals surface area contributed by atoms with Crippen LogP contribution in [0.3, 0.4) is 0 Å². The van der Waals surface area contributed by atoms with Crippen molar-refractivity contribution in [2.45, 2.75) is 12.5 Å². The SMILES string of the molecule is CN(c1ccc(N)c(C(=O)O)c1)C1CCOC1. The molecule has 92 valence electrons. The lowest BCUT2D eigenvalue weighted by Crippen LogP contribution is -2.31. The van der Waals surface area contributed by atoms with Crippen LogP contribution in [0.15, 0.2) is 18.2 Å². The van der Waals surface area contributed by atoms with Gasteiger partial charge in [-0.05, 0) is 24.6 Å². The normalized spacial score (nSPS) is 19.2. The number of nitrogen functional groups attached to an aromatic ring is 1. The fourth-order valence-electron chi connectivity index (χ4n) is 1.99. The molecule has 0 radical (unpaired) electrons. The van der Waals surface area contributed by atoms with E-state index in [9.17, 15) is 4.79 Å². The molecular weight excluding hydrogens is 220 g/mol. The lowest BCUT2D eigenvalue weighted by molar-refractivity contribution is 0.0698. The summed E-state index contributed by atoms with van der Waals surface area (Å²) in [7, 11) is 1.94. The number of nitrogens with two attached hydrogens (primary N) is 1. The van der Waals surface area contributed by atoms with Crippen LogP contribution >= 0.6 is 0 Å². The summed E-state index contributed by atoms with van der Waals surface area (Å²) < 4.78 is 5.32. The quantitative estimate of drug-likeness (QED) is 0.771. The molecule has 1 fully saturated rings. The molecule has 0 saturated carbocycles. The zero-order chi connectivity index (χ0) is 12.4. The summed E-state index contributed by atoms with van der Waals surface area (Å²) in [5.41, 5.74) is 6.91. The molecule has 0 bridgehead atoms. The minimum Gasteiger partial charge on any atom is -0.478 e. The van der Waals surface area contributed by atoms with Crippen molar-refractivity contribution in [3.05, 3.63) is 23.8 Å². The summed E-state index contributed by atoms with van der Waals surface area (Å²) in [6.45, 7) is 1.44. The maximum atomic E-state index is 11.0. The van der Waals surface area contributed by atoms with Crippen LogP contribution in [-0.2, 0) is 4.74 Å². The first-order valence-corrected chi connectivity index (χ1v) is 5.53. The molecule has 0 spiro atoms. The molecule has 1 unspecified atom stereocenters. The van der Waals surface area contributed by atoms with E-state index in [-0.39, 0.29) is 11.3 Å². The molecule has 5 heteroatoms. The first-order valence-electron chi connectivity index (χ1n) is 5.53. The fraction of sp³-hybridized carbons (Fsp3) is 0.417. The van der Waals surface area contributed by atoms with Crippen LogP contribution in [-0.4, -0.2) is 37.4 Å². The molecule has 1 aromatic rings. The van der Waals surface area contributed by atoms with E-state index in [0.717, 1.165) is 18.7 Å².